The van der Waals surface area contributed by atoms with Gasteiger partial charge in [-0.3, -0.25) is 0 Å². The summed E-state index contributed by atoms with van der Waals surface area (Å²) in [5.41, 5.74) is 4.60. The first-order valence-corrected chi connectivity index (χ1v) is 8.14. The van der Waals surface area contributed by atoms with E-state index < -0.39 is 0 Å². The van der Waals surface area contributed by atoms with Crippen LogP contribution in [0.5, 0.6) is 5.75 Å². The van der Waals surface area contributed by atoms with E-state index >= 15 is 0 Å². The third-order valence-electron chi connectivity index (χ3n) is 4.63. The van der Waals surface area contributed by atoms with Gasteiger partial charge < -0.3 is 10.0 Å². The molecule has 4 rings (SSSR count). The third-order valence-corrected chi connectivity index (χ3v) is 4.63. The molecule has 120 valence electrons. The lowest BCUT2D eigenvalue weighted by Gasteiger charge is -2.39. The topological polar surface area (TPSA) is 23.5 Å². The normalized spacial score (nSPS) is 16.7. The molecule has 24 heavy (non-hydrogen) atoms. The van der Waals surface area contributed by atoms with E-state index in [0.29, 0.717) is 0 Å². The number of nitrogens with zero attached hydrogens (tertiary/aromatic N) is 1. The van der Waals surface area contributed by atoms with Gasteiger partial charge in [-0.1, -0.05) is 30.3 Å². The molecular weight excluding hydrogens is 301 g/mol. The van der Waals surface area contributed by atoms with Gasteiger partial charge in [0.1, 0.15) is 11.6 Å². The average Bonchev–Trinajstić information content (AvgIpc) is 2.62. The maximum atomic E-state index is 13.3. The standard InChI is InChI=1S/C21H18FNO/c22-17-8-5-16(6-9-17)21-14-7-15-3-1-2-4-20(15)23(21)18-10-12-19(24)13-11-18/h1-6,8-13,21,24H,7,14H2. The van der Waals surface area contributed by atoms with Crippen LogP contribution in [0.15, 0.2) is 72.8 Å². The molecule has 1 N–H and O–H groups in total. The number of fused-ring (bicyclic) bond motifs is 1. The van der Waals surface area contributed by atoms with Crippen molar-refractivity contribution in [2.24, 2.45) is 0 Å². The molecule has 0 fully saturated rings. The molecule has 0 aliphatic carbocycles. The molecule has 0 saturated heterocycles. The Morgan fingerprint density at radius 3 is 2.33 bits per heavy atom. The van der Waals surface area contributed by atoms with Gasteiger partial charge in [-0.25, -0.2) is 4.39 Å². The third kappa shape index (κ3) is 2.62. The minimum Gasteiger partial charge on any atom is -0.508 e. The summed E-state index contributed by atoms with van der Waals surface area (Å²) in [4.78, 5) is 2.28. The summed E-state index contributed by atoms with van der Waals surface area (Å²) in [6.07, 6.45) is 1.95. The van der Waals surface area contributed by atoms with Crippen LogP contribution in [0.4, 0.5) is 15.8 Å². The van der Waals surface area contributed by atoms with E-state index in [1.54, 1.807) is 12.1 Å². The zero-order valence-corrected chi connectivity index (χ0v) is 13.2. The van der Waals surface area contributed by atoms with Crippen LogP contribution < -0.4 is 4.90 Å². The van der Waals surface area contributed by atoms with E-state index in [-0.39, 0.29) is 17.6 Å². The first-order chi connectivity index (χ1) is 11.7. The van der Waals surface area contributed by atoms with Gasteiger partial charge in [0.05, 0.1) is 6.04 Å². The maximum Gasteiger partial charge on any atom is 0.123 e. The summed E-state index contributed by atoms with van der Waals surface area (Å²) in [6, 6.07) is 22.5. The van der Waals surface area contributed by atoms with Crippen LogP contribution in [0.25, 0.3) is 0 Å². The van der Waals surface area contributed by atoms with Crippen molar-refractivity contribution in [1.82, 2.24) is 0 Å². The lowest BCUT2D eigenvalue weighted by Crippen LogP contribution is -2.29. The van der Waals surface area contributed by atoms with E-state index in [9.17, 15) is 9.50 Å². The van der Waals surface area contributed by atoms with Crippen LogP contribution in [0, 0.1) is 5.82 Å². The minimum atomic E-state index is -0.217. The quantitative estimate of drug-likeness (QED) is 0.687. The highest BCUT2D eigenvalue weighted by atomic mass is 19.1. The first-order valence-electron chi connectivity index (χ1n) is 8.14. The largest absolute Gasteiger partial charge is 0.508 e. The number of aromatic hydroxyl groups is 1. The van der Waals surface area contributed by atoms with Crippen LogP contribution in [-0.4, -0.2) is 5.11 Å². The van der Waals surface area contributed by atoms with Crippen molar-refractivity contribution in [2.45, 2.75) is 18.9 Å². The molecule has 0 radical (unpaired) electrons. The summed E-state index contributed by atoms with van der Waals surface area (Å²) in [5, 5.41) is 9.60. The molecular formula is C21H18FNO. The number of halogens is 1. The highest BCUT2D eigenvalue weighted by Gasteiger charge is 2.28. The second-order valence-corrected chi connectivity index (χ2v) is 6.12. The van der Waals surface area contributed by atoms with Crippen LogP contribution in [0.3, 0.4) is 0 Å². The molecule has 1 unspecified atom stereocenters. The Labute approximate surface area is 140 Å². The Bertz CT molecular complexity index is 842. The van der Waals surface area contributed by atoms with E-state index in [2.05, 4.69) is 23.1 Å². The van der Waals surface area contributed by atoms with E-state index in [0.717, 1.165) is 24.1 Å². The summed E-state index contributed by atoms with van der Waals surface area (Å²) in [7, 11) is 0. The molecule has 0 saturated carbocycles. The van der Waals surface area contributed by atoms with Gasteiger partial charge in [0, 0.05) is 11.4 Å². The Hall–Kier alpha value is -2.81. The van der Waals surface area contributed by atoms with Crippen LogP contribution in [0.2, 0.25) is 0 Å². The van der Waals surface area contributed by atoms with Crippen molar-refractivity contribution >= 4 is 11.4 Å². The van der Waals surface area contributed by atoms with Crippen molar-refractivity contribution in [3.05, 3.63) is 89.7 Å². The van der Waals surface area contributed by atoms with E-state index in [1.165, 1.54) is 23.4 Å². The molecule has 0 spiro atoms. The second kappa shape index (κ2) is 6.00. The number of hydrogen-bond acceptors (Lipinski definition) is 2. The Morgan fingerprint density at radius 1 is 0.875 bits per heavy atom. The fourth-order valence-electron chi connectivity index (χ4n) is 3.48. The van der Waals surface area contributed by atoms with Gasteiger partial charge in [-0.05, 0) is 66.4 Å². The molecule has 1 aliphatic heterocycles. The number of benzene rings is 3. The fourth-order valence-corrected chi connectivity index (χ4v) is 3.48. The van der Waals surface area contributed by atoms with Gasteiger partial charge in [-0.15, -0.1) is 0 Å². The van der Waals surface area contributed by atoms with Crippen LogP contribution in [0.1, 0.15) is 23.6 Å². The predicted octanol–water partition coefficient (Wildman–Crippen LogP) is 5.36. The highest BCUT2D eigenvalue weighted by molar-refractivity contribution is 5.70. The molecule has 1 aliphatic rings. The monoisotopic (exact) mass is 319 g/mol. The summed E-state index contributed by atoms with van der Waals surface area (Å²) in [6.45, 7) is 0. The van der Waals surface area contributed by atoms with Gasteiger partial charge in [0.15, 0.2) is 0 Å². The second-order valence-electron chi connectivity index (χ2n) is 6.12. The SMILES string of the molecule is Oc1ccc(N2c3ccccc3CCC2c2ccc(F)cc2)cc1. The number of rotatable bonds is 2. The number of para-hydroxylation sites is 1. The predicted molar refractivity (Wildman–Crippen MR) is 94.1 cm³/mol. The summed E-state index contributed by atoms with van der Waals surface area (Å²) < 4.78 is 13.3. The number of phenols is 1. The smallest absolute Gasteiger partial charge is 0.123 e. The van der Waals surface area contributed by atoms with Gasteiger partial charge in [0.2, 0.25) is 0 Å². The van der Waals surface area contributed by atoms with Crippen LogP contribution in [-0.2, 0) is 6.42 Å². The van der Waals surface area contributed by atoms with Crippen molar-refractivity contribution in [3.8, 4) is 5.75 Å². The zero-order valence-electron chi connectivity index (χ0n) is 13.2. The molecule has 1 atom stereocenters. The summed E-state index contributed by atoms with van der Waals surface area (Å²) >= 11 is 0. The van der Waals surface area contributed by atoms with E-state index in [4.69, 9.17) is 0 Å². The Kier molecular flexibility index (Phi) is 3.69. The molecule has 3 heteroatoms. The first kappa shape index (κ1) is 14.8. The Balaban J connectivity index is 1.83. The summed E-state index contributed by atoms with van der Waals surface area (Å²) in [5.74, 6) is 0.0357. The lowest BCUT2D eigenvalue weighted by molar-refractivity contribution is 0.475. The molecule has 1 heterocycles. The lowest BCUT2D eigenvalue weighted by atomic mass is 9.90. The fraction of sp³-hybridized carbons (Fsp3) is 0.143. The number of anilines is 2. The molecule has 3 aromatic carbocycles. The van der Waals surface area contributed by atoms with Gasteiger partial charge >= 0.3 is 0 Å². The number of hydrogen-bond donors (Lipinski definition) is 1. The maximum absolute atomic E-state index is 13.3. The van der Waals surface area contributed by atoms with E-state index in [1.807, 2.05) is 30.3 Å². The molecule has 0 aromatic heterocycles. The van der Waals surface area contributed by atoms with Crippen molar-refractivity contribution < 1.29 is 9.50 Å². The molecule has 2 nitrogen and oxygen atoms in total. The molecule has 0 bridgehead atoms. The highest BCUT2D eigenvalue weighted by Crippen LogP contribution is 2.43. The van der Waals surface area contributed by atoms with Crippen molar-refractivity contribution in [1.29, 1.82) is 0 Å². The number of phenolic OH excluding ortho intramolecular Hbond substituents is 1. The average molecular weight is 319 g/mol. The number of aryl methyl sites for hydroxylation is 1. The van der Waals surface area contributed by atoms with Gasteiger partial charge in [-0.2, -0.15) is 0 Å². The van der Waals surface area contributed by atoms with Crippen molar-refractivity contribution in [3.63, 3.8) is 0 Å². The van der Waals surface area contributed by atoms with Crippen molar-refractivity contribution in [2.75, 3.05) is 4.90 Å². The Morgan fingerprint density at radius 2 is 1.58 bits per heavy atom. The molecule has 0 amide bonds. The minimum absolute atomic E-state index is 0.144. The van der Waals surface area contributed by atoms with Crippen LogP contribution >= 0.6 is 0 Å². The molecule has 3 aromatic rings. The van der Waals surface area contributed by atoms with Gasteiger partial charge in [0.25, 0.3) is 0 Å². The zero-order chi connectivity index (χ0) is 16.5.